The van der Waals surface area contributed by atoms with E-state index >= 15 is 0 Å². The summed E-state index contributed by atoms with van der Waals surface area (Å²) in [5.74, 6) is 1.56. The summed E-state index contributed by atoms with van der Waals surface area (Å²) in [6.07, 6.45) is 31.0. The van der Waals surface area contributed by atoms with Gasteiger partial charge in [0, 0.05) is 18.7 Å². The third-order valence-corrected chi connectivity index (χ3v) is 56.0. The van der Waals surface area contributed by atoms with Crippen LogP contribution in [0.15, 0.2) is 245 Å². The van der Waals surface area contributed by atoms with Crippen LogP contribution in [0.25, 0.3) is 12.2 Å². The van der Waals surface area contributed by atoms with E-state index in [0.717, 1.165) is 11.1 Å². The normalized spacial score (nSPS) is 12.0. The quantitative estimate of drug-likeness (QED) is 0.00706. The summed E-state index contributed by atoms with van der Waals surface area (Å²) >= 11 is 0.294. The summed E-state index contributed by atoms with van der Waals surface area (Å²) in [7, 11) is -5.48. The van der Waals surface area contributed by atoms with E-state index in [9.17, 15) is 19.2 Å². The number of hydrogen-bond donors (Lipinski definition) is 2. The van der Waals surface area contributed by atoms with Crippen LogP contribution in [0.1, 0.15) is 226 Å². The van der Waals surface area contributed by atoms with Crippen molar-refractivity contribution in [3.8, 4) is 12.3 Å². The second-order valence-corrected chi connectivity index (χ2v) is 67.8. The van der Waals surface area contributed by atoms with E-state index in [1.54, 1.807) is 86.4 Å². The Bertz CT molecular complexity index is 4070. The predicted molar refractivity (Wildman–Crippen MR) is 548 cm³/mol. The third-order valence-electron chi connectivity index (χ3n) is 20.8. The van der Waals surface area contributed by atoms with Crippen LogP contribution in [0.3, 0.4) is 0 Å². The molecule has 692 valence electrons. The first-order valence-corrected chi connectivity index (χ1v) is 65.1. The minimum atomic E-state index is -2.78. The van der Waals surface area contributed by atoms with Gasteiger partial charge >= 0.3 is 254 Å². The molecule has 7 aromatic rings. The molecule has 126 heavy (non-hydrogen) atoms. The zero-order valence-electron chi connectivity index (χ0n) is 79.4. The van der Waals surface area contributed by atoms with E-state index < -0.39 is 90.1 Å². The maximum atomic E-state index is 13.3. The van der Waals surface area contributed by atoms with Crippen LogP contribution in [0.5, 0.6) is 0 Å². The number of benzene rings is 7. The Labute approximate surface area is 784 Å². The molecular formula is C107H159BrN2O12Si2Sn2. The Morgan fingerprint density at radius 3 is 1.06 bits per heavy atom. The van der Waals surface area contributed by atoms with Gasteiger partial charge in [0.15, 0.2) is 0 Å². The second kappa shape index (κ2) is 65.4. The summed E-state index contributed by atoms with van der Waals surface area (Å²) in [4.78, 5) is 49.0. The molecule has 0 aliphatic carbocycles. The maximum absolute atomic E-state index is 13.3. The fourth-order valence-electron chi connectivity index (χ4n) is 14.4. The van der Waals surface area contributed by atoms with Gasteiger partial charge in [-0.3, -0.25) is 0 Å². The van der Waals surface area contributed by atoms with Crippen molar-refractivity contribution in [1.82, 2.24) is 10.6 Å². The van der Waals surface area contributed by atoms with E-state index in [1.807, 2.05) is 140 Å². The van der Waals surface area contributed by atoms with Gasteiger partial charge in [-0.15, -0.1) is 6.42 Å². The summed E-state index contributed by atoms with van der Waals surface area (Å²) in [5.41, 5.74) is 2.57. The average Bonchev–Trinajstić information content (AvgIpc) is 0.753. The summed E-state index contributed by atoms with van der Waals surface area (Å²) in [5, 5.41) is 9.56. The molecule has 0 heterocycles. The van der Waals surface area contributed by atoms with Crippen molar-refractivity contribution in [1.29, 1.82) is 0 Å². The summed E-state index contributed by atoms with van der Waals surface area (Å²) in [6.45, 7) is 40.3. The van der Waals surface area contributed by atoms with Gasteiger partial charge < -0.3 is 47.9 Å². The van der Waals surface area contributed by atoms with Crippen LogP contribution in [0, 0.1) is 12.3 Å². The number of halogens is 1. The first kappa shape index (κ1) is 115. The number of amides is 2. The number of terminal acetylenes is 1. The topological polar surface area (TPSA) is 166 Å². The first-order valence-electron chi connectivity index (χ1n) is 45.8. The molecule has 0 aliphatic rings. The van der Waals surface area contributed by atoms with Gasteiger partial charge in [-0.05, 0) is 124 Å². The van der Waals surface area contributed by atoms with E-state index in [2.05, 4.69) is 205 Å². The molecule has 2 N–H and O–H groups in total. The number of unbranched alkanes of at least 4 members (excludes halogenated alkanes) is 6. The Kier molecular flexibility index (Phi) is 59.7. The second-order valence-electron chi connectivity index (χ2n) is 35.5. The van der Waals surface area contributed by atoms with Gasteiger partial charge in [-0.1, -0.05) is 231 Å². The van der Waals surface area contributed by atoms with Crippen molar-refractivity contribution in [2.24, 2.45) is 0 Å². The fourth-order valence-corrected chi connectivity index (χ4v) is 48.7. The van der Waals surface area contributed by atoms with Crippen molar-refractivity contribution >= 4 is 128 Å². The Morgan fingerprint density at radius 1 is 0.421 bits per heavy atom. The molecule has 0 atom stereocenters. The van der Waals surface area contributed by atoms with Crippen molar-refractivity contribution < 1.29 is 56.5 Å². The molecule has 0 unspecified atom stereocenters. The number of rotatable bonds is 46. The summed E-state index contributed by atoms with van der Waals surface area (Å²) in [6, 6.07) is 71.7. The number of carbonyl (C=O) groups excluding carboxylic acids is 4. The molecule has 7 aromatic carbocycles. The molecule has 7 rings (SSSR count). The van der Waals surface area contributed by atoms with Gasteiger partial charge in [0.2, 0.25) is 0 Å². The van der Waals surface area contributed by atoms with E-state index in [-0.39, 0.29) is 76.9 Å². The van der Waals surface area contributed by atoms with Crippen LogP contribution in [0.4, 0.5) is 9.59 Å². The molecule has 2 amide bonds. The number of esters is 2. The van der Waals surface area contributed by atoms with Gasteiger partial charge in [0.25, 0.3) is 16.6 Å². The molecule has 14 nitrogen and oxygen atoms in total. The van der Waals surface area contributed by atoms with Gasteiger partial charge in [0.05, 0.1) is 45.2 Å². The number of carbonyl (C=O) groups is 4. The monoisotopic (exact) mass is 2040 g/mol. The molecule has 0 bridgehead atoms. The Balaban J connectivity index is 0.000000592. The number of alkyl carbamates (subject to hydrolysis) is 2. The number of nitrogens with one attached hydrogen (secondary N) is 2. The Hall–Kier alpha value is -7.11. The van der Waals surface area contributed by atoms with E-state index in [1.165, 1.54) is 103 Å². The molecule has 19 heteroatoms. The summed E-state index contributed by atoms with van der Waals surface area (Å²) < 4.78 is 58.7. The van der Waals surface area contributed by atoms with Gasteiger partial charge in [-0.25, -0.2) is 19.2 Å². The Morgan fingerprint density at radius 2 is 0.738 bits per heavy atom. The molecular weight excluding hydrogens is 1880 g/mol. The van der Waals surface area contributed by atoms with E-state index in [4.69, 9.17) is 43.7 Å². The zero-order valence-corrected chi connectivity index (χ0v) is 89.1. The van der Waals surface area contributed by atoms with Crippen LogP contribution >= 0.6 is 15.9 Å². The van der Waals surface area contributed by atoms with Crippen LogP contribution in [-0.2, 0) is 46.9 Å². The standard InChI is InChI=1S/C37H47NO6Si.C29H40BrNO6Si.C8H7.C8H6.6C4H9.CH4.2Sn.H/c1-36(2,3)44-35(40)38-25-27-41-28-29-42-34(39)31(23-22-30-16-10-7-11-17-30)24-26-43-45(37(4,5)6,32-18-12-8-13-19-32)33-20-14-9-15-21-33;1-28(2,3)37-27(33)31-18-20-34-21-22-35-26(32)25(30)17-19-36-38(29(4,5)6,23-13-9-7-10-14-23)24-15-11-8-12-16-24;2*1-2-8-6-4-3-5-7-8;6*1-3-4-2;;;;/h7-24H,25-29H2,1-6H3,(H,38,40);7-17H,18-22H2,1-6H3,(H,31,33);1-7H;1,3-7H;6*1,3-4H2,2H3;1H4;;;/b23-22+,31-24+;25-17-;;;;;;;;;;;;. The van der Waals surface area contributed by atoms with Crippen LogP contribution in [-0.4, -0.2) is 156 Å². The molecule has 0 aromatic heterocycles. The molecule has 0 saturated heterocycles. The fraction of sp³-hybridized carbons (Fsp3) is 0.477. The van der Waals surface area contributed by atoms with Gasteiger partial charge in [-0.2, -0.15) is 0 Å². The molecule has 0 fully saturated rings. The molecule has 0 aliphatic heterocycles. The predicted octanol–water partition coefficient (Wildman–Crippen LogP) is 25.2. The van der Waals surface area contributed by atoms with Crippen molar-refractivity contribution in [2.45, 2.75) is 257 Å². The van der Waals surface area contributed by atoms with Crippen molar-refractivity contribution in [3.05, 3.63) is 261 Å². The first-order chi connectivity index (χ1) is 59.8. The number of hydrogen-bond acceptors (Lipinski definition) is 12. The minimum absolute atomic E-state index is 0. The van der Waals surface area contributed by atoms with Crippen LogP contribution in [0.2, 0.25) is 36.7 Å². The van der Waals surface area contributed by atoms with Gasteiger partial charge in [0.1, 0.15) is 28.9 Å². The molecule has 0 spiro atoms. The average molecular weight is 2040 g/mol. The molecule has 0 radical (unpaired) electrons. The van der Waals surface area contributed by atoms with Crippen LogP contribution < -0.4 is 31.4 Å². The van der Waals surface area contributed by atoms with Crippen molar-refractivity contribution in [3.63, 3.8) is 0 Å². The SMILES string of the molecule is C.C#Cc1ccccc1.CC(C)(C)OC(=O)NCCOCCOC(=O)/C(Br)=C/CO[Si](c1ccccc1)(c1ccccc1)C(C)(C)C.CC(C)(C)OC(=O)NCCOCCOC(=O)C(/C=C/c1ccccc1)=C/CO[Si](c1ccccc1)(c1ccccc1)C(C)(C)C.CCC[CH2][SnH]([CH2]CCC)[CH2]CCC.CCC[CH2][Sn](/[CH]=C/c1ccccc1)([CH2]CCC)[CH2]CCC. The number of ether oxygens (including phenoxy) is 6. The van der Waals surface area contributed by atoms with E-state index in [0.29, 0.717) is 16.6 Å². The zero-order chi connectivity index (χ0) is 92.2. The van der Waals surface area contributed by atoms with Crippen molar-refractivity contribution in [2.75, 3.05) is 65.9 Å². The molecule has 0 saturated carbocycles. The third kappa shape index (κ3) is 46.9.